The van der Waals surface area contributed by atoms with Crippen LogP contribution >= 0.6 is 0 Å². The van der Waals surface area contributed by atoms with E-state index in [2.05, 4.69) is 58.2 Å². The summed E-state index contributed by atoms with van der Waals surface area (Å²) in [5.41, 5.74) is 2.70. The zero-order valence-electron chi connectivity index (χ0n) is 47.1. The Kier molecular flexibility index (Phi) is 62.3. The molecule has 0 unspecified atom stereocenters. The van der Waals surface area contributed by atoms with Crippen molar-refractivity contribution in [3.05, 3.63) is 29.3 Å². The second-order valence-electron chi connectivity index (χ2n) is 21.1. The van der Waals surface area contributed by atoms with Gasteiger partial charge in [0.25, 0.3) is 0 Å². The summed E-state index contributed by atoms with van der Waals surface area (Å²) in [5.74, 6) is 0. The van der Waals surface area contributed by atoms with Gasteiger partial charge in [0.1, 0.15) is 0 Å². The normalized spacial score (nSPS) is 11.1. The van der Waals surface area contributed by atoms with Gasteiger partial charge in [0.05, 0.1) is 26.2 Å². The van der Waals surface area contributed by atoms with Crippen LogP contribution in [0.15, 0.2) is 18.2 Å². The van der Waals surface area contributed by atoms with Crippen LogP contribution in [0.4, 0.5) is 0 Å². The lowest BCUT2D eigenvalue weighted by Crippen LogP contribution is -2.84. The number of benzene rings is 1. The first-order valence-electron chi connectivity index (χ1n) is 31.1. The molecule has 0 saturated carbocycles. The molecule has 0 radical (unpaired) electrons. The molecule has 0 amide bonds. The molecule has 0 aliphatic carbocycles. The Balaban J connectivity index is 0. The number of quaternary nitrogens is 2. The third-order valence-corrected chi connectivity index (χ3v) is 14.0. The number of unbranched alkanes of at least 4 members (excludes halogenated alkanes) is 38. The van der Waals surface area contributed by atoms with Gasteiger partial charge in [-0.2, -0.15) is 0 Å². The van der Waals surface area contributed by atoms with Crippen molar-refractivity contribution in [2.45, 2.75) is 337 Å². The average molecular weight is 942 g/mol. The fraction of sp³-hybridized carbons (Fsp3) is 0.903. The molecule has 0 saturated heterocycles. The van der Waals surface area contributed by atoms with Crippen LogP contribution in [0.3, 0.4) is 0 Å². The molecule has 0 heterocycles. The maximum atomic E-state index is 11.0. The third-order valence-electron chi connectivity index (χ3n) is 14.0. The standard InChI is InChI=1S/2C24H51N.C14H21BO2/c2*1-3-5-7-9-11-13-15-17-19-21-23-25-24-22-20-18-16-14-12-10-8-6-4-2;1-3-5-7-12-9-13(8-6-4-2)11-14(10-12)15(16)17/h2*25H,3-24H2,1-2H3;9-11H,3-8H2,1-2H3/q;;-2/p+2. The van der Waals surface area contributed by atoms with Crippen LogP contribution < -0.4 is 26.1 Å². The van der Waals surface area contributed by atoms with E-state index in [1.165, 1.54) is 283 Å². The lowest BCUT2D eigenvalue weighted by molar-refractivity contribution is -0.655. The number of aryl methyl sites for hydroxylation is 2. The molecule has 1 rings (SSSR count). The summed E-state index contributed by atoms with van der Waals surface area (Å²) in [6, 6.07) is 5.72. The Morgan fingerprint density at radius 2 is 0.463 bits per heavy atom. The topological polar surface area (TPSA) is 79.3 Å². The molecule has 1 aromatic rings. The summed E-state index contributed by atoms with van der Waals surface area (Å²) < 4.78 is 0. The highest BCUT2D eigenvalue weighted by Gasteiger charge is 2.02. The van der Waals surface area contributed by atoms with Crippen LogP contribution in [0.2, 0.25) is 0 Å². The number of hydrogen-bond acceptors (Lipinski definition) is 2. The molecular weight excluding hydrogens is 816 g/mol. The molecular formula is C62H125BN2O2. The van der Waals surface area contributed by atoms with Gasteiger partial charge >= 0.3 is 0 Å². The van der Waals surface area contributed by atoms with Gasteiger partial charge in [-0.25, -0.2) is 0 Å². The molecule has 0 fully saturated rings. The van der Waals surface area contributed by atoms with Crippen molar-refractivity contribution in [2.75, 3.05) is 26.2 Å². The molecule has 0 bridgehead atoms. The second kappa shape index (κ2) is 61.2. The van der Waals surface area contributed by atoms with E-state index in [-0.39, 0.29) is 0 Å². The van der Waals surface area contributed by atoms with Gasteiger partial charge < -0.3 is 20.7 Å². The Labute approximate surface area is 423 Å². The average Bonchev–Trinajstić information content (AvgIpc) is 3.34. The molecule has 0 aliphatic heterocycles. The minimum absolute atomic E-state index is 0.407. The molecule has 5 heteroatoms. The third kappa shape index (κ3) is 57.6. The summed E-state index contributed by atoms with van der Waals surface area (Å²) in [7, 11) is -1.85. The molecule has 67 heavy (non-hydrogen) atoms. The number of hydrogen-bond donors (Lipinski definition) is 2. The van der Waals surface area contributed by atoms with Crippen LogP contribution in [0.1, 0.15) is 335 Å². The minimum Gasteiger partial charge on any atom is -0.889 e. The van der Waals surface area contributed by atoms with E-state index < -0.39 is 7.12 Å². The van der Waals surface area contributed by atoms with E-state index in [0.717, 1.165) is 49.7 Å². The van der Waals surface area contributed by atoms with Crippen LogP contribution in [0.5, 0.6) is 0 Å². The number of nitrogens with two attached hydrogens (primary N) is 2. The SMILES string of the molecule is CCCCCCCCCCCC[NH2+]CCCCCCCCCCCC.CCCCCCCCCCCC[NH2+]CCCCCCCCCCCC.CCCCc1cc(CCCC)cc(B([O-])[O-])c1. The zero-order chi connectivity index (χ0) is 49.2. The van der Waals surface area contributed by atoms with Crippen molar-refractivity contribution in [1.82, 2.24) is 0 Å². The smallest absolute Gasteiger partial charge is 0.0755 e. The van der Waals surface area contributed by atoms with E-state index in [0.29, 0.717) is 5.46 Å². The van der Waals surface area contributed by atoms with Gasteiger partial charge in [-0.05, 0) is 88.2 Å². The Bertz CT molecular complexity index is 905. The van der Waals surface area contributed by atoms with Crippen LogP contribution in [-0.4, -0.2) is 33.3 Å². The van der Waals surface area contributed by atoms with Crippen LogP contribution in [-0.2, 0) is 12.8 Å². The van der Waals surface area contributed by atoms with E-state index in [1.54, 1.807) is 12.1 Å². The second-order valence-corrected chi connectivity index (χ2v) is 21.1. The van der Waals surface area contributed by atoms with Crippen molar-refractivity contribution in [1.29, 1.82) is 0 Å². The highest BCUT2D eigenvalue weighted by atomic mass is 16.4. The monoisotopic (exact) mass is 941 g/mol. The highest BCUT2D eigenvalue weighted by molar-refractivity contribution is 6.55. The van der Waals surface area contributed by atoms with Gasteiger partial charge in [-0.1, -0.05) is 285 Å². The predicted octanol–water partition coefficient (Wildman–Crippen LogP) is 15.6. The predicted molar refractivity (Wildman–Crippen MR) is 300 cm³/mol. The van der Waals surface area contributed by atoms with Gasteiger partial charge in [0, 0.05) is 0 Å². The molecule has 0 aliphatic rings. The maximum Gasteiger partial charge on any atom is 0.0755 e. The van der Waals surface area contributed by atoms with Gasteiger partial charge in [0.2, 0.25) is 0 Å². The van der Waals surface area contributed by atoms with Crippen molar-refractivity contribution in [2.24, 2.45) is 0 Å². The van der Waals surface area contributed by atoms with Crippen molar-refractivity contribution in [3.63, 3.8) is 0 Å². The summed E-state index contributed by atoms with van der Waals surface area (Å²) in [4.78, 5) is 0. The number of rotatable bonds is 51. The highest BCUT2D eigenvalue weighted by Crippen LogP contribution is 2.14. The Morgan fingerprint density at radius 1 is 0.269 bits per heavy atom. The Hall–Kier alpha value is -0.875. The van der Waals surface area contributed by atoms with Crippen LogP contribution in [0.25, 0.3) is 0 Å². The molecule has 1 aromatic carbocycles. The maximum absolute atomic E-state index is 11.0. The quantitative estimate of drug-likeness (QED) is 0.0504. The molecule has 4 nitrogen and oxygen atoms in total. The first-order chi connectivity index (χ1) is 33.0. The summed E-state index contributed by atoms with van der Waals surface area (Å²) in [6.07, 6.45) is 64.6. The molecule has 0 aromatic heterocycles. The molecule has 0 spiro atoms. The summed E-state index contributed by atoms with van der Waals surface area (Å²) in [6.45, 7) is 19.0. The first kappa shape index (κ1) is 68.2. The Morgan fingerprint density at radius 3 is 0.657 bits per heavy atom. The van der Waals surface area contributed by atoms with E-state index in [1.807, 2.05) is 0 Å². The van der Waals surface area contributed by atoms with Crippen LogP contribution in [0, 0.1) is 0 Å². The molecule has 4 N–H and O–H groups in total. The fourth-order valence-electron chi connectivity index (χ4n) is 9.37. The largest absolute Gasteiger partial charge is 0.889 e. The van der Waals surface area contributed by atoms with Gasteiger partial charge in [-0.15, -0.1) is 5.46 Å². The van der Waals surface area contributed by atoms with E-state index in [9.17, 15) is 10.0 Å². The molecule has 398 valence electrons. The van der Waals surface area contributed by atoms with Crippen molar-refractivity contribution < 1.29 is 20.7 Å². The van der Waals surface area contributed by atoms with Crippen molar-refractivity contribution in [3.8, 4) is 0 Å². The first-order valence-corrected chi connectivity index (χ1v) is 31.1. The van der Waals surface area contributed by atoms with Gasteiger partial charge in [0.15, 0.2) is 0 Å². The minimum atomic E-state index is -1.85. The summed E-state index contributed by atoms with van der Waals surface area (Å²) >= 11 is 0. The zero-order valence-corrected chi connectivity index (χ0v) is 47.1. The molecule has 0 atom stereocenters. The van der Waals surface area contributed by atoms with Crippen molar-refractivity contribution >= 4 is 12.6 Å². The summed E-state index contributed by atoms with van der Waals surface area (Å²) in [5, 5.41) is 27.2. The van der Waals surface area contributed by atoms with E-state index >= 15 is 0 Å². The lowest BCUT2D eigenvalue weighted by atomic mass is 9.78. The van der Waals surface area contributed by atoms with E-state index in [4.69, 9.17) is 0 Å². The lowest BCUT2D eigenvalue weighted by Gasteiger charge is -2.28. The van der Waals surface area contributed by atoms with Gasteiger partial charge in [-0.3, -0.25) is 0 Å². The fourth-order valence-corrected chi connectivity index (χ4v) is 9.37.